The van der Waals surface area contributed by atoms with Crippen molar-refractivity contribution in [1.82, 2.24) is 15.2 Å². The van der Waals surface area contributed by atoms with E-state index in [9.17, 15) is 14.2 Å². The molecule has 2 unspecified atom stereocenters. The predicted molar refractivity (Wildman–Crippen MR) is 128 cm³/mol. The summed E-state index contributed by atoms with van der Waals surface area (Å²) in [4.78, 5) is 29.7. The number of nitrogens with zero attached hydrogens (tertiary/aromatic N) is 1. The van der Waals surface area contributed by atoms with Gasteiger partial charge in [0.15, 0.2) is 16.4 Å². The quantitative estimate of drug-likeness (QED) is 0.293. The molecule has 3 atom stereocenters. The van der Waals surface area contributed by atoms with Crippen molar-refractivity contribution in [3.8, 4) is 11.5 Å². The molecule has 2 aromatic heterocycles. The molecule has 0 aliphatic rings. The van der Waals surface area contributed by atoms with E-state index in [0.29, 0.717) is 22.5 Å². The Morgan fingerprint density at radius 3 is 2.12 bits per heavy atom. The van der Waals surface area contributed by atoms with Crippen LogP contribution in [-0.4, -0.2) is 42.2 Å². The van der Waals surface area contributed by atoms with E-state index in [4.69, 9.17) is 19.6 Å². The topological polar surface area (TPSA) is 146 Å². The third-order valence-electron chi connectivity index (χ3n) is 4.47. The molecule has 33 heavy (non-hydrogen) atoms. The molecule has 12 heteroatoms. The Balaban J connectivity index is 2.42. The number of carbonyl (C=O) groups excluding carboxylic acids is 2. The highest BCUT2D eigenvalue weighted by Crippen LogP contribution is 2.40. The first-order valence-corrected chi connectivity index (χ1v) is 13.4. The van der Waals surface area contributed by atoms with E-state index in [1.807, 2.05) is 0 Å². The molecule has 184 valence electrons. The molecule has 10 nitrogen and oxygen atoms in total. The van der Waals surface area contributed by atoms with Crippen LogP contribution in [-0.2, 0) is 30.0 Å². The number of esters is 2. The van der Waals surface area contributed by atoms with Crippen molar-refractivity contribution in [2.24, 2.45) is 5.92 Å². The molecule has 0 saturated carbocycles. The first-order chi connectivity index (χ1) is 15.5. The minimum atomic E-state index is -3.80. The zero-order chi connectivity index (χ0) is 24.8. The van der Waals surface area contributed by atoms with Gasteiger partial charge in [-0.15, -0.1) is 11.3 Å². The van der Waals surface area contributed by atoms with Gasteiger partial charge in [-0.25, -0.2) is 15.2 Å². The Morgan fingerprint density at radius 2 is 1.64 bits per heavy atom. The van der Waals surface area contributed by atoms with Crippen molar-refractivity contribution in [2.45, 2.75) is 60.0 Å². The molecule has 2 rings (SSSR count). The lowest BCUT2D eigenvalue weighted by atomic mass is 10.1. The van der Waals surface area contributed by atoms with Gasteiger partial charge in [0.25, 0.3) is 7.44 Å². The number of hydrogen-bond donors (Lipinski definition) is 3. The summed E-state index contributed by atoms with van der Waals surface area (Å²) in [5, 5.41) is 5.94. The van der Waals surface area contributed by atoms with Crippen molar-refractivity contribution < 1.29 is 28.0 Å². The van der Waals surface area contributed by atoms with E-state index in [2.05, 4.69) is 29.0 Å². The number of furan rings is 1. The lowest BCUT2D eigenvalue weighted by Gasteiger charge is -2.24. The van der Waals surface area contributed by atoms with Gasteiger partial charge in [0, 0.05) is 4.88 Å². The number of rotatable bonds is 12. The molecule has 0 aliphatic heterocycles. The van der Waals surface area contributed by atoms with Crippen LogP contribution in [0.4, 0.5) is 5.13 Å². The van der Waals surface area contributed by atoms with Crippen LogP contribution in [0.2, 0.25) is 0 Å². The second-order valence-electron chi connectivity index (χ2n) is 7.87. The van der Waals surface area contributed by atoms with Crippen LogP contribution in [0.15, 0.2) is 16.5 Å². The molecule has 0 spiro atoms. The number of aromatic nitrogens is 1. The fourth-order valence-corrected chi connectivity index (χ4v) is 6.24. The molecule has 0 amide bonds. The van der Waals surface area contributed by atoms with Gasteiger partial charge in [-0.3, -0.25) is 14.2 Å². The number of carbonyl (C=O) groups is 2. The SMILES string of the molecule is CCOC(=O)C(C)NP(=O)(N[C@@H](C)C(=O)OCC)c1ccc(-c2nc(N)sc2CC(C)C)o1. The monoisotopic (exact) mass is 500 g/mol. The van der Waals surface area contributed by atoms with E-state index in [1.165, 1.54) is 31.3 Å². The van der Waals surface area contributed by atoms with Crippen LogP contribution in [0, 0.1) is 5.92 Å². The van der Waals surface area contributed by atoms with E-state index < -0.39 is 31.5 Å². The molecule has 0 aliphatic carbocycles. The van der Waals surface area contributed by atoms with Gasteiger partial charge in [0.2, 0.25) is 0 Å². The number of thiazole rings is 1. The van der Waals surface area contributed by atoms with Crippen molar-refractivity contribution in [1.29, 1.82) is 0 Å². The van der Waals surface area contributed by atoms with E-state index in [-0.39, 0.29) is 18.7 Å². The Kier molecular flexibility index (Phi) is 9.66. The smallest absolute Gasteiger partial charge is 0.323 e. The highest BCUT2D eigenvalue weighted by Gasteiger charge is 2.36. The van der Waals surface area contributed by atoms with Gasteiger partial charge >= 0.3 is 11.9 Å². The summed E-state index contributed by atoms with van der Waals surface area (Å²) in [6.07, 6.45) is 0.758. The second kappa shape index (κ2) is 11.8. The van der Waals surface area contributed by atoms with Crippen LogP contribution in [0.1, 0.15) is 46.4 Å². The van der Waals surface area contributed by atoms with Gasteiger partial charge in [0.05, 0.1) is 13.2 Å². The average Bonchev–Trinajstić information content (AvgIpc) is 3.34. The summed E-state index contributed by atoms with van der Waals surface area (Å²) < 4.78 is 30.0. The predicted octanol–water partition coefficient (Wildman–Crippen LogP) is 3.08. The Morgan fingerprint density at radius 1 is 1.09 bits per heavy atom. The molecule has 0 saturated heterocycles. The van der Waals surface area contributed by atoms with Crippen LogP contribution in [0.3, 0.4) is 0 Å². The minimum Gasteiger partial charge on any atom is -0.465 e. The van der Waals surface area contributed by atoms with Gasteiger partial charge in [-0.05, 0) is 52.2 Å². The van der Waals surface area contributed by atoms with Crippen molar-refractivity contribution in [2.75, 3.05) is 18.9 Å². The minimum absolute atomic E-state index is 0.0341. The Hall–Kier alpha value is -2.20. The summed E-state index contributed by atoms with van der Waals surface area (Å²) in [6, 6.07) is 1.31. The number of nitrogen functional groups attached to an aromatic ring is 1. The molecule has 2 aromatic rings. The van der Waals surface area contributed by atoms with Crippen molar-refractivity contribution in [3.63, 3.8) is 0 Å². The largest absolute Gasteiger partial charge is 0.465 e. The summed E-state index contributed by atoms with van der Waals surface area (Å²) >= 11 is 1.38. The zero-order valence-corrected chi connectivity index (χ0v) is 21.5. The normalized spacial score (nSPS) is 15.1. The summed E-state index contributed by atoms with van der Waals surface area (Å²) in [5.41, 5.74) is 6.54. The maximum Gasteiger partial charge on any atom is 0.323 e. The van der Waals surface area contributed by atoms with Crippen LogP contribution < -0.4 is 21.4 Å². The average molecular weight is 501 g/mol. The number of hydrogen-bond acceptors (Lipinski definition) is 9. The highest BCUT2D eigenvalue weighted by molar-refractivity contribution is 7.67. The van der Waals surface area contributed by atoms with Crippen LogP contribution in [0.5, 0.6) is 0 Å². The molecule has 0 aromatic carbocycles. The summed E-state index contributed by atoms with van der Waals surface area (Å²) in [6.45, 7) is 10.9. The lowest BCUT2D eigenvalue weighted by molar-refractivity contribution is -0.145. The number of ether oxygens (including phenoxy) is 2. The van der Waals surface area contributed by atoms with Gasteiger partial charge in [-0.2, -0.15) is 0 Å². The molecule has 2 heterocycles. The van der Waals surface area contributed by atoms with Crippen LogP contribution in [0.25, 0.3) is 11.5 Å². The number of nitrogens with one attached hydrogen (secondary N) is 2. The third-order valence-corrected chi connectivity index (χ3v) is 7.74. The number of anilines is 1. The fraction of sp³-hybridized carbons (Fsp3) is 0.571. The third kappa shape index (κ3) is 7.14. The molecular weight excluding hydrogens is 467 g/mol. The van der Waals surface area contributed by atoms with E-state index in [0.717, 1.165) is 11.3 Å². The lowest BCUT2D eigenvalue weighted by Crippen LogP contribution is -2.44. The van der Waals surface area contributed by atoms with Crippen molar-refractivity contribution >= 4 is 41.4 Å². The Bertz CT molecular complexity index is 975. The first-order valence-electron chi connectivity index (χ1n) is 10.9. The summed E-state index contributed by atoms with van der Waals surface area (Å²) in [7, 11) is -3.80. The standard InChI is InChI=1S/C21H33N4O6PS/c1-7-29-19(26)13(5)24-32(28,25-14(6)20(27)30-8-2)17-10-9-15(31-17)18-16(11-12(3)4)33-21(22)23-18/h9-10,12-14H,7-8,11H2,1-6H3,(H2,22,23)(H2,24,25,28)/t13-,14?,32?/m0/s1. The molecular formula is C21H33N4O6PS. The summed E-state index contributed by atoms with van der Waals surface area (Å²) in [5.74, 6) is -0.392. The van der Waals surface area contributed by atoms with Gasteiger partial charge in [-0.1, -0.05) is 13.8 Å². The van der Waals surface area contributed by atoms with Gasteiger partial charge < -0.3 is 19.6 Å². The van der Waals surface area contributed by atoms with Crippen LogP contribution >= 0.6 is 18.8 Å². The Labute approximate surface area is 198 Å². The molecule has 4 N–H and O–H groups in total. The van der Waals surface area contributed by atoms with Crippen molar-refractivity contribution in [3.05, 3.63) is 17.0 Å². The second-order valence-corrected chi connectivity index (χ2v) is 11.2. The van der Waals surface area contributed by atoms with E-state index >= 15 is 0 Å². The van der Waals surface area contributed by atoms with E-state index in [1.54, 1.807) is 19.9 Å². The fourth-order valence-electron chi connectivity index (χ4n) is 3.05. The van der Waals surface area contributed by atoms with Gasteiger partial charge in [0.1, 0.15) is 17.8 Å². The molecule has 0 bridgehead atoms. The maximum absolute atomic E-state index is 14.0. The maximum atomic E-state index is 14.0. The number of nitrogens with two attached hydrogens (primary N) is 1. The molecule has 0 radical (unpaired) electrons. The first kappa shape index (κ1) is 27.0. The zero-order valence-electron chi connectivity index (χ0n) is 19.8. The highest BCUT2D eigenvalue weighted by atomic mass is 32.1. The molecule has 0 fully saturated rings.